The van der Waals surface area contributed by atoms with Crippen LogP contribution in [0.2, 0.25) is 0 Å². The van der Waals surface area contributed by atoms with Gasteiger partial charge in [0.15, 0.2) is 4.77 Å². The maximum atomic E-state index is 13.2. The molecule has 2 fully saturated rings. The number of halogens is 3. The van der Waals surface area contributed by atoms with Gasteiger partial charge in [0, 0.05) is 18.5 Å². The van der Waals surface area contributed by atoms with E-state index in [9.17, 15) is 13.2 Å². The zero-order valence-corrected chi connectivity index (χ0v) is 16.5. The summed E-state index contributed by atoms with van der Waals surface area (Å²) in [5.41, 5.74) is 0.778. The Bertz CT molecular complexity index is 882. The molecule has 0 radical (unpaired) electrons. The molecule has 1 aromatic heterocycles. The van der Waals surface area contributed by atoms with Crippen LogP contribution >= 0.6 is 12.2 Å². The second kappa shape index (κ2) is 7.51. The van der Waals surface area contributed by atoms with Crippen LogP contribution < -0.4 is 4.74 Å². The highest BCUT2D eigenvalue weighted by molar-refractivity contribution is 7.71. The summed E-state index contributed by atoms with van der Waals surface area (Å²) in [4.78, 5) is 1.33. The van der Waals surface area contributed by atoms with Crippen molar-refractivity contribution in [2.45, 2.75) is 57.0 Å². The molecule has 0 unspecified atom stereocenters. The number of alkyl halides is 3. The Kier molecular flexibility index (Phi) is 5.22. The van der Waals surface area contributed by atoms with Gasteiger partial charge in [-0.3, -0.25) is 4.90 Å². The van der Waals surface area contributed by atoms with E-state index >= 15 is 0 Å². The number of aromatic nitrogens is 3. The highest BCUT2D eigenvalue weighted by atomic mass is 32.1. The summed E-state index contributed by atoms with van der Waals surface area (Å²) in [5, 5.41) is 4.62. The molecule has 0 bridgehead atoms. The van der Waals surface area contributed by atoms with E-state index in [0.29, 0.717) is 22.5 Å². The molecule has 28 heavy (non-hydrogen) atoms. The minimum atomic E-state index is -4.30. The van der Waals surface area contributed by atoms with Crippen LogP contribution in [0.15, 0.2) is 24.3 Å². The lowest BCUT2D eigenvalue weighted by atomic mass is 10.2. The first-order valence-corrected chi connectivity index (χ1v) is 9.86. The molecule has 0 spiro atoms. The predicted molar refractivity (Wildman–Crippen MR) is 101 cm³/mol. The van der Waals surface area contributed by atoms with Crippen molar-refractivity contribution in [2.75, 3.05) is 13.7 Å². The van der Waals surface area contributed by atoms with Crippen molar-refractivity contribution in [2.24, 2.45) is 0 Å². The minimum absolute atomic E-state index is 0.0177. The third kappa shape index (κ3) is 4.57. The molecule has 2 saturated carbocycles. The standard InChI is InChI=1S/C19H23F3N4OS/c1-27-16-8-2-13(3-9-16)10-24(11-19(20,21)22)12-25-18(28)26(15-6-7-15)17(23-25)14-4-5-14/h2-3,8-9,14-15H,4-7,10-12H2,1H3. The van der Waals surface area contributed by atoms with Crippen LogP contribution in [0.1, 0.15) is 49.0 Å². The molecule has 0 atom stereocenters. The third-order valence-electron chi connectivity index (χ3n) is 5.05. The van der Waals surface area contributed by atoms with Gasteiger partial charge in [0.2, 0.25) is 0 Å². The van der Waals surface area contributed by atoms with E-state index in [1.807, 2.05) is 0 Å². The summed E-state index contributed by atoms with van der Waals surface area (Å²) in [5.74, 6) is 2.02. The Balaban J connectivity index is 1.56. The topological polar surface area (TPSA) is 35.2 Å². The fourth-order valence-corrected chi connectivity index (χ4v) is 3.75. The van der Waals surface area contributed by atoms with Gasteiger partial charge in [0.25, 0.3) is 0 Å². The average molecular weight is 412 g/mol. The van der Waals surface area contributed by atoms with Crippen molar-refractivity contribution in [3.63, 3.8) is 0 Å². The number of methoxy groups -OCH3 is 1. The lowest BCUT2D eigenvalue weighted by Gasteiger charge is -2.23. The lowest BCUT2D eigenvalue weighted by Crippen LogP contribution is -2.35. The largest absolute Gasteiger partial charge is 0.497 e. The van der Waals surface area contributed by atoms with Crippen molar-refractivity contribution >= 4 is 12.2 Å². The van der Waals surface area contributed by atoms with E-state index in [1.54, 1.807) is 36.1 Å². The minimum Gasteiger partial charge on any atom is -0.497 e. The highest BCUT2D eigenvalue weighted by Gasteiger charge is 2.36. The fraction of sp³-hybridized carbons (Fsp3) is 0.579. The van der Waals surface area contributed by atoms with E-state index in [-0.39, 0.29) is 13.2 Å². The highest BCUT2D eigenvalue weighted by Crippen LogP contribution is 2.44. The Hall–Kier alpha value is -1.87. The molecule has 2 aromatic rings. The van der Waals surface area contributed by atoms with Crippen molar-refractivity contribution in [1.82, 2.24) is 19.2 Å². The number of hydrogen-bond donors (Lipinski definition) is 0. The Morgan fingerprint density at radius 1 is 1.18 bits per heavy atom. The number of rotatable bonds is 8. The van der Waals surface area contributed by atoms with Crippen LogP contribution in [0.4, 0.5) is 13.2 Å². The molecular formula is C19H23F3N4OS. The molecule has 0 aliphatic heterocycles. The van der Waals surface area contributed by atoms with Crippen LogP contribution in [0.5, 0.6) is 5.75 Å². The normalized spacial score (nSPS) is 17.3. The summed E-state index contributed by atoms with van der Waals surface area (Å²) in [7, 11) is 1.56. The Labute approximate surface area is 166 Å². The Morgan fingerprint density at radius 2 is 1.86 bits per heavy atom. The van der Waals surface area contributed by atoms with Gasteiger partial charge in [-0.25, -0.2) is 4.68 Å². The second-order valence-electron chi connectivity index (χ2n) is 7.61. The molecule has 1 heterocycles. The SMILES string of the molecule is COc1ccc(CN(Cn2nc(C3CC3)n(C3CC3)c2=S)CC(F)(F)F)cc1. The van der Waals surface area contributed by atoms with Crippen molar-refractivity contribution in [3.05, 3.63) is 40.4 Å². The van der Waals surface area contributed by atoms with Crippen LogP contribution in [-0.4, -0.2) is 39.1 Å². The Morgan fingerprint density at radius 3 is 2.39 bits per heavy atom. The van der Waals surface area contributed by atoms with Gasteiger partial charge < -0.3 is 9.30 Å². The average Bonchev–Trinajstić information content (AvgIpc) is 3.53. The molecule has 5 nitrogen and oxygen atoms in total. The van der Waals surface area contributed by atoms with Crippen LogP contribution in [-0.2, 0) is 13.2 Å². The number of ether oxygens (including phenoxy) is 1. The maximum Gasteiger partial charge on any atom is 0.401 e. The molecular weight excluding hydrogens is 389 g/mol. The lowest BCUT2D eigenvalue weighted by molar-refractivity contribution is -0.151. The van der Waals surface area contributed by atoms with Gasteiger partial charge in [-0.05, 0) is 55.6 Å². The van der Waals surface area contributed by atoms with Crippen LogP contribution in [0.25, 0.3) is 0 Å². The first-order valence-electron chi connectivity index (χ1n) is 9.45. The quantitative estimate of drug-likeness (QED) is 0.591. The zero-order chi connectivity index (χ0) is 19.9. The van der Waals surface area contributed by atoms with Crippen molar-refractivity contribution in [3.8, 4) is 5.75 Å². The summed E-state index contributed by atoms with van der Waals surface area (Å²) in [6.45, 7) is -0.847. The molecule has 4 rings (SSSR count). The fourth-order valence-electron chi connectivity index (χ4n) is 3.41. The van der Waals surface area contributed by atoms with Crippen LogP contribution in [0, 0.1) is 4.77 Å². The van der Waals surface area contributed by atoms with Gasteiger partial charge in [0.05, 0.1) is 20.3 Å². The van der Waals surface area contributed by atoms with Gasteiger partial charge in [-0.2, -0.15) is 18.3 Å². The van der Waals surface area contributed by atoms with E-state index in [2.05, 4.69) is 9.67 Å². The molecule has 9 heteroatoms. The second-order valence-corrected chi connectivity index (χ2v) is 7.97. The molecule has 0 N–H and O–H groups in total. The molecule has 1 aromatic carbocycles. The van der Waals surface area contributed by atoms with E-state index in [1.165, 1.54) is 4.90 Å². The monoisotopic (exact) mass is 412 g/mol. The molecule has 2 aliphatic rings. The predicted octanol–water partition coefficient (Wildman–Crippen LogP) is 4.66. The molecule has 152 valence electrons. The van der Waals surface area contributed by atoms with Crippen molar-refractivity contribution in [1.29, 1.82) is 0 Å². The summed E-state index contributed by atoms with van der Waals surface area (Å²) in [6, 6.07) is 7.42. The molecule has 0 amide bonds. The molecule has 0 saturated heterocycles. The van der Waals surface area contributed by atoms with E-state index in [4.69, 9.17) is 17.0 Å². The first kappa shape index (κ1) is 19.4. The zero-order valence-electron chi connectivity index (χ0n) is 15.7. The smallest absolute Gasteiger partial charge is 0.401 e. The summed E-state index contributed by atoms with van der Waals surface area (Å²) < 4.78 is 48.8. The van der Waals surface area contributed by atoms with Crippen molar-refractivity contribution < 1.29 is 17.9 Å². The van der Waals surface area contributed by atoms with Gasteiger partial charge in [0.1, 0.15) is 11.6 Å². The van der Waals surface area contributed by atoms with Gasteiger partial charge in [-0.15, -0.1) is 0 Å². The third-order valence-corrected chi connectivity index (χ3v) is 5.46. The van der Waals surface area contributed by atoms with E-state index < -0.39 is 12.7 Å². The maximum absolute atomic E-state index is 13.2. The molecule has 2 aliphatic carbocycles. The number of nitrogens with zero attached hydrogens (tertiary/aromatic N) is 4. The number of benzene rings is 1. The van der Waals surface area contributed by atoms with Gasteiger partial charge >= 0.3 is 6.18 Å². The summed E-state index contributed by atoms with van der Waals surface area (Å²) in [6.07, 6.45) is -0.00403. The summed E-state index contributed by atoms with van der Waals surface area (Å²) >= 11 is 5.57. The van der Waals surface area contributed by atoms with Gasteiger partial charge in [-0.1, -0.05) is 12.1 Å². The van der Waals surface area contributed by atoms with Crippen LogP contribution in [0.3, 0.4) is 0 Å². The first-order chi connectivity index (χ1) is 13.3. The van der Waals surface area contributed by atoms with E-state index in [0.717, 1.165) is 37.1 Å². The number of hydrogen-bond acceptors (Lipinski definition) is 4.